The first-order valence-electron chi connectivity index (χ1n) is 15.2. The van der Waals surface area contributed by atoms with Crippen LogP contribution in [0.4, 0.5) is 26.3 Å². The molecule has 2 fully saturated rings. The molecule has 0 N–H and O–H groups in total. The Morgan fingerprint density at radius 2 is 1.12 bits per heavy atom. The van der Waals surface area contributed by atoms with E-state index in [4.69, 9.17) is 0 Å². The molecular weight excluding hydrogens is 530 g/mol. The molecule has 0 spiro atoms. The summed E-state index contributed by atoms with van der Waals surface area (Å²) in [6.07, 6.45) is 6.45. The molecule has 0 heterocycles. The van der Waals surface area contributed by atoms with Crippen LogP contribution in [-0.2, 0) is 17.1 Å². The third kappa shape index (κ3) is 10.5. The summed E-state index contributed by atoms with van der Waals surface area (Å²) < 4.78 is 78.3. The maximum atomic E-state index is 13.1. The fourth-order valence-corrected chi connectivity index (χ4v) is 6.48. The number of carbonyl (C=O) groups excluding carboxylic acids is 2. The summed E-state index contributed by atoms with van der Waals surface area (Å²) in [5.41, 5.74) is -3.44. The Labute approximate surface area is 234 Å². The lowest BCUT2D eigenvalue weighted by molar-refractivity contribution is -0.143. The number of unbranched alkanes of at least 4 members (excludes halogenated alkanes) is 3. The number of halogens is 6. The summed E-state index contributed by atoms with van der Waals surface area (Å²) in [6.45, 7) is 2.27. The van der Waals surface area contributed by atoms with Crippen LogP contribution in [0.2, 0.25) is 0 Å². The molecule has 2 aliphatic carbocycles. The van der Waals surface area contributed by atoms with Crippen LogP contribution in [0.1, 0.15) is 138 Å². The second kappa shape index (κ2) is 14.9. The van der Waals surface area contributed by atoms with E-state index in [1.807, 2.05) is 0 Å². The first-order chi connectivity index (χ1) is 18.8. The largest absolute Gasteiger partial charge is 0.416 e. The Bertz CT molecular complexity index is 919. The van der Waals surface area contributed by atoms with Crippen LogP contribution < -0.4 is 0 Å². The third-order valence-corrected chi connectivity index (χ3v) is 9.15. The Morgan fingerprint density at radius 3 is 1.62 bits per heavy atom. The number of hydrogen-bond acceptors (Lipinski definition) is 2. The van der Waals surface area contributed by atoms with E-state index in [1.54, 1.807) is 0 Å². The number of benzene rings is 1. The van der Waals surface area contributed by atoms with E-state index in [9.17, 15) is 35.9 Å². The molecule has 0 radical (unpaired) electrons. The normalized spacial score (nSPS) is 24.2. The SMILES string of the molecule is CC1CCC(C(=O)CCCCCC2CCC(CCCCC(=O)c3cc(C(F)(F)F)cc(C(F)(F)F)c3)CC2)CC1. The number of rotatable bonds is 13. The van der Waals surface area contributed by atoms with Crippen LogP contribution in [0.3, 0.4) is 0 Å². The molecule has 0 atom stereocenters. The van der Waals surface area contributed by atoms with Gasteiger partial charge in [-0.05, 0) is 61.6 Å². The molecule has 3 rings (SSSR count). The molecule has 1 aromatic carbocycles. The van der Waals surface area contributed by atoms with Crippen LogP contribution in [0.15, 0.2) is 18.2 Å². The van der Waals surface area contributed by atoms with Crippen molar-refractivity contribution in [1.29, 1.82) is 0 Å². The molecule has 2 nitrogen and oxygen atoms in total. The van der Waals surface area contributed by atoms with Gasteiger partial charge >= 0.3 is 12.4 Å². The molecular formula is C32H44F6O2. The molecule has 0 unspecified atom stereocenters. The monoisotopic (exact) mass is 574 g/mol. The number of alkyl halides is 6. The predicted octanol–water partition coefficient (Wildman–Crippen LogP) is 10.6. The first-order valence-corrected chi connectivity index (χ1v) is 15.2. The van der Waals surface area contributed by atoms with Crippen molar-refractivity contribution in [3.8, 4) is 0 Å². The average Bonchev–Trinajstić information content (AvgIpc) is 2.90. The van der Waals surface area contributed by atoms with Crippen molar-refractivity contribution in [1.82, 2.24) is 0 Å². The zero-order chi connectivity index (χ0) is 29.3. The average molecular weight is 575 g/mol. The fourth-order valence-electron chi connectivity index (χ4n) is 6.48. The second-order valence-corrected chi connectivity index (χ2v) is 12.4. The van der Waals surface area contributed by atoms with Crippen molar-refractivity contribution < 1.29 is 35.9 Å². The maximum absolute atomic E-state index is 13.1. The summed E-state index contributed by atoms with van der Waals surface area (Å²) in [4.78, 5) is 24.8. The van der Waals surface area contributed by atoms with Gasteiger partial charge in [0, 0.05) is 24.3 Å². The smallest absolute Gasteiger partial charge is 0.299 e. The molecule has 40 heavy (non-hydrogen) atoms. The van der Waals surface area contributed by atoms with Gasteiger partial charge in [0.1, 0.15) is 5.78 Å². The van der Waals surface area contributed by atoms with Gasteiger partial charge in [-0.1, -0.05) is 77.6 Å². The number of hydrogen-bond donors (Lipinski definition) is 0. The van der Waals surface area contributed by atoms with Crippen LogP contribution in [0, 0.1) is 23.7 Å². The molecule has 0 saturated heterocycles. The molecule has 0 aliphatic heterocycles. The van der Waals surface area contributed by atoms with Gasteiger partial charge in [0.15, 0.2) is 5.78 Å². The molecule has 2 saturated carbocycles. The number of ketones is 2. The summed E-state index contributed by atoms with van der Waals surface area (Å²) in [5, 5.41) is 0. The molecule has 226 valence electrons. The molecule has 0 aromatic heterocycles. The van der Waals surface area contributed by atoms with Crippen molar-refractivity contribution >= 4 is 11.6 Å². The number of carbonyl (C=O) groups is 2. The Morgan fingerprint density at radius 1 is 0.650 bits per heavy atom. The van der Waals surface area contributed by atoms with Gasteiger partial charge in [-0.2, -0.15) is 26.3 Å². The topological polar surface area (TPSA) is 34.1 Å². The molecule has 0 amide bonds. The van der Waals surface area contributed by atoms with Crippen molar-refractivity contribution in [3.63, 3.8) is 0 Å². The van der Waals surface area contributed by atoms with Crippen LogP contribution in [-0.4, -0.2) is 11.6 Å². The fraction of sp³-hybridized carbons (Fsp3) is 0.750. The summed E-state index contributed by atoms with van der Waals surface area (Å²) in [5.74, 6) is 2.13. The molecule has 2 aliphatic rings. The van der Waals surface area contributed by atoms with Crippen molar-refractivity contribution in [2.75, 3.05) is 0 Å². The van der Waals surface area contributed by atoms with Crippen molar-refractivity contribution in [2.24, 2.45) is 23.7 Å². The highest BCUT2D eigenvalue weighted by molar-refractivity contribution is 5.96. The van der Waals surface area contributed by atoms with E-state index >= 15 is 0 Å². The van der Waals surface area contributed by atoms with Gasteiger partial charge in [0.2, 0.25) is 0 Å². The van der Waals surface area contributed by atoms with E-state index in [0.717, 1.165) is 76.0 Å². The lowest BCUT2D eigenvalue weighted by Crippen LogP contribution is -2.20. The van der Waals surface area contributed by atoms with E-state index in [2.05, 4.69) is 6.92 Å². The van der Waals surface area contributed by atoms with Gasteiger partial charge < -0.3 is 0 Å². The van der Waals surface area contributed by atoms with E-state index in [0.29, 0.717) is 36.2 Å². The zero-order valence-corrected chi connectivity index (χ0v) is 23.6. The standard InChI is InChI=1S/C32H44F6O2/c1-22-11-17-25(18-12-22)29(39)9-4-2-3-7-23-13-15-24(16-14-23)8-5-6-10-30(40)26-19-27(31(33,34)35)21-28(20-26)32(36,37)38/h19-25H,2-18H2,1H3. The quantitative estimate of drug-likeness (QED) is 0.133. The Hall–Kier alpha value is -1.86. The van der Waals surface area contributed by atoms with Gasteiger partial charge in [0.25, 0.3) is 0 Å². The first kappa shape index (κ1) is 32.7. The van der Waals surface area contributed by atoms with Gasteiger partial charge in [0.05, 0.1) is 11.1 Å². The van der Waals surface area contributed by atoms with Gasteiger partial charge in [-0.25, -0.2) is 0 Å². The predicted molar refractivity (Wildman–Crippen MR) is 144 cm³/mol. The minimum absolute atomic E-state index is 0.0482. The lowest BCUT2D eigenvalue weighted by Gasteiger charge is -2.28. The van der Waals surface area contributed by atoms with E-state index in [1.165, 1.54) is 32.1 Å². The highest BCUT2D eigenvalue weighted by atomic mass is 19.4. The molecule has 1 aromatic rings. The van der Waals surface area contributed by atoms with Gasteiger partial charge in [-0.15, -0.1) is 0 Å². The minimum atomic E-state index is -4.96. The maximum Gasteiger partial charge on any atom is 0.416 e. The Kier molecular flexibility index (Phi) is 12.1. The van der Waals surface area contributed by atoms with Gasteiger partial charge in [-0.3, -0.25) is 9.59 Å². The minimum Gasteiger partial charge on any atom is -0.299 e. The molecule has 0 bridgehead atoms. The highest BCUT2D eigenvalue weighted by Gasteiger charge is 2.37. The van der Waals surface area contributed by atoms with Crippen molar-refractivity contribution in [3.05, 3.63) is 34.9 Å². The Balaban J connectivity index is 1.28. The van der Waals surface area contributed by atoms with Crippen LogP contribution in [0.25, 0.3) is 0 Å². The van der Waals surface area contributed by atoms with Crippen LogP contribution >= 0.6 is 0 Å². The summed E-state index contributed by atoms with van der Waals surface area (Å²) in [7, 11) is 0. The van der Waals surface area contributed by atoms with E-state index < -0.39 is 34.8 Å². The second-order valence-electron chi connectivity index (χ2n) is 12.4. The lowest BCUT2D eigenvalue weighted by atomic mass is 9.77. The highest BCUT2D eigenvalue weighted by Crippen LogP contribution is 2.37. The van der Waals surface area contributed by atoms with Crippen molar-refractivity contribution in [2.45, 2.75) is 128 Å². The summed E-state index contributed by atoms with van der Waals surface area (Å²) in [6, 6.07) is 1.09. The number of Topliss-reactive ketones (excluding diaryl/α,β-unsaturated/α-hetero) is 2. The summed E-state index contributed by atoms with van der Waals surface area (Å²) >= 11 is 0. The van der Waals surface area contributed by atoms with Crippen LogP contribution in [0.5, 0.6) is 0 Å². The van der Waals surface area contributed by atoms with E-state index in [-0.39, 0.29) is 12.5 Å². The molecule has 8 heteroatoms. The zero-order valence-electron chi connectivity index (χ0n) is 23.6. The third-order valence-electron chi connectivity index (χ3n) is 9.15.